The fraction of sp³-hybridized carbons (Fsp3) is 0.125. The van der Waals surface area contributed by atoms with Crippen LogP contribution in [-0.2, 0) is 0 Å². The van der Waals surface area contributed by atoms with Crippen LogP contribution in [0.3, 0.4) is 0 Å². The lowest BCUT2D eigenvalue weighted by atomic mass is 10.1. The summed E-state index contributed by atoms with van der Waals surface area (Å²) in [7, 11) is 1.62. The SMILES string of the molecule is COc1cccc(N(N)/C=C(\N)c2ccc(C)cc2)c1. The first-order valence-electron chi connectivity index (χ1n) is 6.32. The maximum Gasteiger partial charge on any atom is 0.120 e. The highest BCUT2D eigenvalue weighted by molar-refractivity contribution is 5.66. The number of nitrogens with zero attached hydrogens (tertiary/aromatic N) is 1. The zero-order valence-electron chi connectivity index (χ0n) is 11.7. The van der Waals surface area contributed by atoms with Crippen molar-refractivity contribution in [2.24, 2.45) is 11.6 Å². The van der Waals surface area contributed by atoms with Crippen molar-refractivity contribution in [3.05, 3.63) is 65.9 Å². The number of benzene rings is 2. The normalized spacial score (nSPS) is 11.2. The molecule has 2 aromatic carbocycles. The van der Waals surface area contributed by atoms with Crippen LogP contribution in [0.5, 0.6) is 5.75 Å². The van der Waals surface area contributed by atoms with Gasteiger partial charge in [0.05, 0.1) is 18.5 Å². The third kappa shape index (κ3) is 3.30. The summed E-state index contributed by atoms with van der Waals surface area (Å²) in [5, 5.41) is 1.48. The second-order valence-electron chi connectivity index (χ2n) is 4.56. The average Bonchev–Trinajstić information content (AvgIpc) is 2.47. The Morgan fingerprint density at radius 1 is 1.15 bits per heavy atom. The van der Waals surface area contributed by atoms with E-state index >= 15 is 0 Å². The molecule has 0 fully saturated rings. The summed E-state index contributed by atoms with van der Waals surface area (Å²) < 4.78 is 5.17. The standard InChI is InChI=1S/C16H19N3O/c1-12-6-8-13(9-7-12)16(17)11-19(18)14-4-3-5-15(10-14)20-2/h3-11H,17-18H2,1-2H3/b16-11-. The lowest BCUT2D eigenvalue weighted by molar-refractivity contribution is 0.415. The monoisotopic (exact) mass is 269 g/mol. The molecule has 0 unspecified atom stereocenters. The molecule has 0 radical (unpaired) electrons. The Bertz CT molecular complexity index is 605. The van der Waals surface area contributed by atoms with Crippen molar-refractivity contribution in [1.29, 1.82) is 0 Å². The fourth-order valence-electron chi connectivity index (χ4n) is 1.82. The van der Waals surface area contributed by atoms with Gasteiger partial charge in [-0.25, -0.2) is 5.84 Å². The molecule has 4 N–H and O–H groups in total. The minimum Gasteiger partial charge on any atom is -0.497 e. The molecule has 2 rings (SSSR count). The maximum absolute atomic E-state index is 6.06. The third-order valence-corrected chi connectivity index (χ3v) is 3.01. The predicted molar refractivity (Wildman–Crippen MR) is 83.0 cm³/mol. The number of nitrogens with two attached hydrogens (primary N) is 2. The van der Waals surface area contributed by atoms with Gasteiger partial charge in [-0.3, -0.25) is 5.01 Å². The summed E-state index contributed by atoms with van der Waals surface area (Å²) in [4.78, 5) is 0. The first-order chi connectivity index (χ1) is 9.60. The predicted octanol–water partition coefficient (Wildman–Crippen LogP) is 2.64. The minimum atomic E-state index is 0.607. The van der Waals surface area contributed by atoms with Gasteiger partial charge in [0.25, 0.3) is 0 Å². The second kappa shape index (κ2) is 6.12. The summed E-state index contributed by atoms with van der Waals surface area (Å²) in [6.45, 7) is 2.04. The number of anilines is 1. The molecule has 20 heavy (non-hydrogen) atoms. The molecular formula is C16H19N3O. The van der Waals surface area contributed by atoms with E-state index in [1.54, 1.807) is 13.3 Å². The Labute approximate surface area is 119 Å². The molecule has 0 spiro atoms. The van der Waals surface area contributed by atoms with Gasteiger partial charge in [0.2, 0.25) is 0 Å². The van der Waals surface area contributed by atoms with Gasteiger partial charge in [-0.15, -0.1) is 0 Å². The van der Waals surface area contributed by atoms with Gasteiger partial charge in [-0.1, -0.05) is 35.9 Å². The van der Waals surface area contributed by atoms with Gasteiger partial charge in [-0.05, 0) is 24.6 Å². The quantitative estimate of drug-likeness (QED) is 0.661. The van der Waals surface area contributed by atoms with Crippen LogP contribution in [0, 0.1) is 6.92 Å². The molecule has 0 aliphatic rings. The summed E-state index contributed by atoms with van der Waals surface area (Å²) in [5.41, 5.74) is 9.61. The first kappa shape index (κ1) is 14.0. The van der Waals surface area contributed by atoms with Crippen LogP contribution in [0.1, 0.15) is 11.1 Å². The molecule has 0 saturated carbocycles. The van der Waals surface area contributed by atoms with Crippen LogP contribution < -0.4 is 21.3 Å². The summed E-state index contributed by atoms with van der Waals surface area (Å²) in [5.74, 6) is 6.76. The molecule has 0 bridgehead atoms. The number of aryl methyl sites for hydroxylation is 1. The zero-order chi connectivity index (χ0) is 14.5. The van der Waals surface area contributed by atoms with Gasteiger partial charge in [0.15, 0.2) is 0 Å². The van der Waals surface area contributed by atoms with Crippen LogP contribution >= 0.6 is 0 Å². The number of hydrogen-bond acceptors (Lipinski definition) is 4. The Hall–Kier alpha value is -2.46. The van der Waals surface area contributed by atoms with E-state index in [2.05, 4.69) is 0 Å². The van der Waals surface area contributed by atoms with Crippen molar-refractivity contribution in [3.8, 4) is 5.75 Å². The summed E-state index contributed by atoms with van der Waals surface area (Å²) >= 11 is 0. The lowest BCUT2D eigenvalue weighted by Gasteiger charge is -2.16. The molecule has 0 aromatic heterocycles. The van der Waals surface area contributed by atoms with Crippen molar-refractivity contribution in [2.75, 3.05) is 12.1 Å². The van der Waals surface area contributed by atoms with Crippen molar-refractivity contribution in [3.63, 3.8) is 0 Å². The third-order valence-electron chi connectivity index (χ3n) is 3.01. The second-order valence-corrected chi connectivity index (χ2v) is 4.56. The zero-order valence-corrected chi connectivity index (χ0v) is 11.7. The molecule has 0 aliphatic carbocycles. The van der Waals surface area contributed by atoms with E-state index in [1.165, 1.54) is 10.6 Å². The van der Waals surface area contributed by atoms with Gasteiger partial charge < -0.3 is 10.5 Å². The molecule has 2 aromatic rings. The van der Waals surface area contributed by atoms with E-state index in [0.29, 0.717) is 5.70 Å². The highest BCUT2D eigenvalue weighted by Gasteiger charge is 2.03. The minimum absolute atomic E-state index is 0.607. The summed E-state index contributed by atoms with van der Waals surface area (Å²) in [6, 6.07) is 15.5. The molecular weight excluding hydrogens is 250 g/mol. The van der Waals surface area contributed by atoms with Gasteiger partial charge >= 0.3 is 0 Å². The van der Waals surface area contributed by atoms with Crippen molar-refractivity contribution < 1.29 is 4.74 Å². The number of methoxy groups -OCH3 is 1. The number of hydrazine groups is 1. The fourth-order valence-corrected chi connectivity index (χ4v) is 1.82. The van der Waals surface area contributed by atoms with Gasteiger partial charge in [0, 0.05) is 12.3 Å². The largest absolute Gasteiger partial charge is 0.497 e. The highest BCUT2D eigenvalue weighted by atomic mass is 16.5. The van der Waals surface area contributed by atoms with Crippen molar-refractivity contribution >= 4 is 11.4 Å². The molecule has 4 nitrogen and oxygen atoms in total. The smallest absolute Gasteiger partial charge is 0.120 e. The number of rotatable bonds is 4. The molecule has 0 amide bonds. The van der Waals surface area contributed by atoms with Crippen molar-refractivity contribution in [2.45, 2.75) is 6.92 Å². The number of ether oxygens (including phenoxy) is 1. The number of hydrogen-bond donors (Lipinski definition) is 2. The van der Waals surface area contributed by atoms with Crippen molar-refractivity contribution in [1.82, 2.24) is 0 Å². The van der Waals surface area contributed by atoms with E-state index in [1.807, 2.05) is 55.5 Å². The van der Waals surface area contributed by atoms with Crippen LogP contribution in [0.25, 0.3) is 5.70 Å². The molecule has 4 heteroatoms. The van der Waals surface area contributed by atoms with E-state index in [9.17, 15) is 0 Å². The van der Waals surface area contributed by atoms with Crippen LogP contribution in [-0.4, -0.2) is 7.11 Å². The Morgan fingerprint density at radius 2 is 1.85 bits per heavy atom. The van der Waals surface area contributed by atoms with E-state index in [-0.39, 0.29) is 0 Å². The van der Waals surface area contributed by atoms with Gasteiger partial charge in [0.1, 0.15) is 5.75 Å². The van der Waals surface area contributed by atoms with E-state index < -0.39 is 0 Å². The van der Waals surface area contributed by atoms with Crippen LogP contribution in [0.15, 0.2) is 54.7 Å². The Balaban J connectivity index is 2.22. The topological polar surface area (TPSA) is 64.5 Å². The molecule has 0 heterocycles. The highest BCUT2D eigenvalue weighted by Crippen LogP contribution is 2.20. The molecule has 104 valence electrons. The molecule has 0 atom stereocenters. The summed E-state index contributed by atoms with van der Waals surface area (Å²) in [6.07, 6.45) is 1.69. The molecule has 0 aliphatic heterocycles. The first-order valence-corrected chi connectivity index (χ1v) is 6.32. The maximum atomic E-state index is 6.06. The lowest BCUT2D eigenvalue weighted by Crippen LogP contribution is -2.25. The Morgan fingerprint density at radius 3 is 2.50 bits per heavy atom. The molecule has 0 saturated heterocycles. The van der Waals surface area contributed by atoms with E-state index in [4.69, 9.17) is 16.3 Å². The van der Waals surface area contributed by atoms with E-state index in [0.717, 1.165) is 17.0 Å². The average molecular weight is 269 g/mol. The van der Waals surface area contributed by atoms with Gasteiger partial charge in [-0.2, -0.15) is 0 Å². The van der Waals surface area contributed by atoms with Crippen LogP contribution in [0.4, 0.5) is 5.69 Å². The van der Waals surface area contributed by atoms with Crippen LogP contribution in [0.2, 0.25) is 0 Å². The Kier molecular flexibility index (Phi) is 4.27.